The van der Waals surface area contributed by atoms with Gasteiger partial charge in [0.05, 0.1) is 13.7 Å². The summed E-state index contributed by atoms with van der Waals surface area (Å²) in [5.41, 5.74) is 1.42. The summed E-state index contributed by atoms with van der Waals surface area (Å²) in [6, 6.07) is 5.32. The highest BCUT2D eigenvalue weighted by Crippen LogP contribution is 2.26. The van der Waals surface area contributed by atoms with Crippen LogP contribution in [0, 0.1) is 6.92 Å². The van der Waals surface area contributed by atoms with Crippen LogP contribution in [0.1, 0.15) is 11.4 Å². The molecule has 0 saturated heterocycles. The summed E-state index contributed by atoms with van der Waals surface area (Å²) in [7, 11) is 1.58. The molecule has 0 amide bonds. The zero-order valence-electron chi connectivity index (χ0n) is 9.10. The maximum absolute atomic E-state index is 9.26. The van der Waals surface area contributed by atoms with Crippen LogP contribution in [-0.4, -0.2) is 22.4 Å². The van der Waals surface area contributed by atoms with Gasteiger partial charge in [0.15, 0.2) is 5.82 Å². The second kappa shape index (κ2) is 4.32. The molecule has 0 fully saturated rings. The minimum atomic E-state index is -0.103. The van der Waals surface area contributed by atoms with Crippen molar-refractivity contribution in [2.45, 2.75) is 13.5 Å². The molecule has 0 aliphatic carbocycles. The fourth-order valence-corrected chi connectivity index (χ4v) is 1.44. The van der Waals surface area contributed by atoms with Gasteiger partial charge in [-0.3, -0.25) is 0 Å². The predicted octanol–water partition coefficient (Wildman–Crippen LogP) is 1.55. The van der Waals surface area contributed by atoms with Gasteiger partial charge in [0, 0.05) is 5.56 Å². The Labute approximate surface area is 92.7 Å². The van der Waals surface area contributed by atoms with Gasteiger partial charge in [0.1, 0.15) is 5.75 Å². The molecule has 1 N–H and O–H groups in total. The highest BCUT2D eigenvalue weighted by molar-refractivity contribution is 5.60. The van der Waals surface area contributed by atoms with Crippen molar-refractivity contribution >= 4 is 0 Å². The summed E-state index contributed by atoms with van der Waals surface area (Å²) in [4.78, 5) is 4.12. The maximum atomic E-state index is 9.26. The smallest absolute Gasteiger partial charge is 0.258 e. The van der Waals surface area contributed by atoms with E-state index in [1.165, 1.54) is 0 Å². The predicted molar refractivity (Wildman–Crippen MR) is 56.9 cm³/mol. The second-order valence-corrected chi connectivity index (χ2v) is 3.33. The largest absolute Gasteiger partial charge is 0.497 e. The van der Waals surface area contributed by atoms with Gasteiger partial charge in [0.25, 0.3) is 5.89 Å². The molecule has 1 aromatic heterocycles. The Bertz CT molecular complexity index is 494. The second-order valence-electron chi connectivity index (χ2n) is 3.33. The molecule has 0 saturated carbocycles. The van der Waals surface area contributed by atoms with E-state index in [2.05, 4.69) is 10.1 Å². The molecule has 16 heavy (non-hydrogen) atoms. The van der Waals surface area contributed by atoms with Crippen molar-refractivity contribution in [3.63, 3.8) is 0 Å². The van der Waals surface area contributed by atoms with Crippen molar-refractivity contribution in [3.05, 3.63) is 29.6 Å². The molecule has 2 aromatic rings. The van der Waals surface area contributed by atoms with Crippen molar-refractivity contribution in [1.82, 2.24) is 10.1 Å². The van der Waals surface area contributed by atoms with Crippen molar-refractivity contribution in [2.75, 3.05) is 7.11 Å². The van der Waals surface area contributed by atoms with Crippen LogP contribution < -0.4 is 4.74 Å². The van der Waals surface area contributed by atoms with E-state index < -0.39 is 0 Å². The van der Waals surface area contributed by atoms with Gasteiger partial charge >= 0.3 is 0 Å². The first kappa shape index (κ1) is 10.6. The van der Waals surface area contributed by atoms with E-state index in [1.54, 1.807) is 32.2 Å². The average molecular weight is 220 g/mol. The van der Waals surface area contributed by atoms with Crippen LogP contribution in [0.15, 0.2) is 22.7 Å². The third kappa shape index (κ3) is 1.90. The molecule has 5 heteroatoms. The zero-order valence-corrected chi connectivity index (χ0v) is 9.10. The lowest BCUT2D eigenvalue weighted by molar-refractivity contribution is 0.281. The van der Waals surface area contributed by atoms with Crippen LogP contribution in [0.5, 0.6) is 5.75 Å². The summed E-state index contributed by atoms with van der Waals surface area (Å²) >= 11 is 0. The number of nitrogens with zero attached hydrogens (tertiary/aromatic N) is 2. The molecule has 2 rings (SSSR count). The lowest BCUT2D eigenvalue weighted by Gasteiger charge is -2.05. The number of aliphatic hydroxyl groups excluding tert-OH is 1. The van der Waals surface area contributed by atoms with Crippen LogP contribution in [0.3, 0.4) is 0 Å². The van der Waals surface area contributed by atoms with Gasteiger partial charge in [-0.2, -0.15) is 4.98 Å². The zero-order chi connectivity index (χ0) is 11.5. The molecule has 0 atom stereocenters. The van der Waals surface area contributed by atoms with Crippen LogP contribution in [-0.2, 0) is 6.61 Å². The molecule has 1 heterocycles. The lowest BCUT2D eigenvalue weighted by Crippen LogP contribution is -1.92. The standard InChI is InChI=1S/C11H12N2O3/c1-7-12-11(16-13-7)10-4-3-9(15-2)5-8(10)6-14/h3-5,14H,6H2,1-2H3. The Morgan fingerprint density at radius 1 is 1.44 bits per heavy atom. The molecule has 0 spiro atoms. The third-order valence-corrected chi connectivity index (χ3v) is 2.24. The fraction of sp³-hybridized carbons (Fsp3) is 0.273. The highest BCUT2D eigenvalue weighted by atomic mass is 16.5. The number of ether oxygens (including phenoxy) is 1. The summed E-state index contributed by atoms with van der Waals surface area (Å²) in [5.74, 6) is 1.66. The van der Waals surface area contributed by atoms with Crippen LogP contribution in [0.4, 0.5) is 0 Å². The van der Waals surface area contributed by atoms with Crippen molar-refractivity contribution in [2.24, 2.45) is 0 Å². The fourth-order valence-electron chi connectivity index (χ4n) is 1.44. The molecular weight excluding hydrogens is 208 g/mol. The van der Waals surface area contributed by atoms with E-state index in [-0.39, 0.29) is 6.61 Å². The van der Waals surface area contributed by atoms with Crippen molar-refractivity contribution in [3.8, 4) is 17.2 Å². The highest BCUT2D eigenvalue weighted by Gasteiger charge is 2.11. The topological polar surface area (TPSA) is 68.4 Å². The van der Waals surface area contributed by atoms with Crippen molar-refractivity contribution in [1.29, 1.82) is 0 Å². The SMILES string of the molecule is COc1ccc(-c2nc(C)no2)c(CO)c1. The number of hydrogen-bond donors (Lipinski definition) is 1. The molecule has 5 nitrogen and oxygen atoms in total. The summed E-state index contributed by atoms with van der Waals surface area (Å²) in [6.07, 6.45) is 0. The Morgan fingerprint density at radius 3 is 2.81 bits per heavy atom. The summed E-state index contributed by atoms with van der Waals surface area (Å²) < 4.78 is 10.1. The van der Waals surface area contributed by atoms with E-state index in [9.17, 15) is 5.11 Å². The number of aliphatic hydroxyl groups is 1. The first-order chi connectivity index (χ1) is 7.74. The van der Waals surface area contributed by atoms with Gasteiger partial charge in [-0.15, -0.1) is 0 Å². The van der Waals surface area contributed by atoms with Gasteiger partial charge in [-0.05, 0) is 30.7 Å². The van der Waals surface area contributed by atoms with Gasteiger partial charge < -0.3 is 14.4 Å². The normalized spacial score (nSPS) is 10.4. The maximum Gasteiger partial charge on any atom is 0.258 e. The Hall–Kier alpha value is -1.88. The Balaban J connectivity index is 2.48. The van der Waals surface area contributed by atoms with Crippen LogP contribution in [0.2, 0.25) is 0 Å². The van der Waals surface area contributed by atoms with E-state index >= 15 is 0 Å². The van der Waals surface area contributed by atoms with Crippen LogP contribution >= 0.6 is 0 Å². The summed E-state index contributed by atoms with van der Waals surface area (Å²) in [5, 5.41) is 13.0. The molecule has 1 aromatic carbocycles. The molecule has 0 unspecified atom stereocenters. The van der Waals surface area contributed by atoms with E-state index in [0.29, 0.717) is 23.0 Å². The number of methoxy groups -OCH3 is 1. The Kier molecular flexibility index (Phi) is 2.87. The van der Waals surface area contributed by atoms with E-state index in [4.69, 9.17) is 9.26 Å². The van der Waals surface area contributed by atoms with E-state index in [0.717, 1.165) is 5.56 Å². The minimum absolute atomic E-state index is 0.103. The third-order valence-electron chi connectivity index (χ3n) is 2.24. The first-order valence-electron chi connectivity index (χ1n) is 4.83. The van der Waals surface area contributed by atoms with Crippen molar-refractivity contribution < 1.29 is 14.4 Å². The number of benzene rings is 1. The quantitative estimate of drug-likeness (QED) is 0.849. The molecule has 0 aliphatic rings. The molecule has 0 bridgehead atoms. The number of aromatic nitrogens is 2. The number of hydrogen-bond acceptors (Lipinski definition) is 5. The van der Waals surface area contributed by atoms with Gasteiger partial charge in [-0.1, -0.05) is 5.16 Å². The van der Waals surface area contributed by atoms with E-state index in [1.807, 2.05) is 0 Å². The number of aryl methyl sites for hydroxylation is 1. The monoisotopic (exact) mass is 220 g/mol. The minimum Gasteiger partial charge on any atom is -0.497 e. The van der Waals surface area contributed by atoms with Gasteiger partial charge in [-0.25, -0.2) is 0 Å². The number of rotatable bonds is 3. The first-order valence-corrected chi connectivity index (χ1v) is 4.83. The molecular formula is C11H12N2O3. The molecule has 0 aliphatic heterocycles. The molecule has 84 valence electrons. The Morgan fingerprint density at radius 2 is 2.25 bits per heavy atom. The average Bonchev–Trinajstić information content (AvgIpc) is 2.74. The summed E-state index contributed by atoms with van der Waals surface area (Å²) in [6.45, 7) is 1.64. The lowest BCUT2D eigenvalue weighted by atomic mass is 10.1. The van der Waals surface area contributed by atoms with Gasteiger partial charge in [0.2, 0.25) is 0 Å². The molecule has 0 radical (unpaired) electrons. The van der Waals surface area contributed by atoms with Crippen LogP contribution in [0.25, 0.3) is 11.5 Å².